The molecule has 0 aromatic rings. The molecule has 0 spiro atoms. The fourth-order valence-electron chi connectivity index (χ4n) is 0.918. The van der Waals surface area contributed by atoms with E-state index in [9.17, 15) is 22.0 Å². The van der Waals surface area contributed by atoms with Gasteiger partial charge in [-0.1, -0.05) is 0 Å². The molecule has 1 N–H and O–H groups in total. The number of halogens is 5. The Hall–Kier alpha value is -1.39. The van der Waals surface area contributed by atoms with Gasteiger partial charge in [-0.2, -0.15) is 32.3 Å². The van der Waals surface area contributed by atoms with Crippen molar-refractivity contribution in [2.45, 2.75) is 24.6 Å². The number of alkyl halides is 5. The first-order valence-corrected chi connectivity index (χ1v) is 3.45. The third kappa shape index (κ3) is 1.62. The highest BCUT2D eigenvalue weighted by Gasteiger charge is 2.63. The largest absolute Gasteiger partial charge is 0.455 e. The number of nitrogens with zero attached hydrogens (tertiary/aromatic N) is 2. The maximum atomic E-state index is 12.6. The molecule has 1 unspecified atom stereocenters. The van der Waals surface area contributed by atoms with Crippen LogP contribution in [0.5, 0.6) is 0 Å². The molecule has 0 saturated heterocycles. The minimum atomic E-state index is -5.63. The molecule has 0 fully saturated rings. The first-order valence-electron chi connectivity index (χ1n) is 3.45. The zero-order chi connectivity index (χ0) is 11.0. The summed E-state index contributed by atoms with van der Waals surface area (Å²) in [5.74, 6) is -4.88. The van der Waals surface area contributed by atoms with Crippen molar-refractivity contribution >= 4 is 5.71 Å². The van der Waals surface area contributed by atoms with Crippen molar-refractivity contribution in [2.75, 3.05) is 0 Å². The van der Waals surface area contributed by atoms with Crippen molar-refractivity contribution in [3.63, 3.8) is 0 Å². The molecular weight excluding hydrogens is 209 g/mol. The molecule has 1 heterocycles. The summed E-state index contributed by atoms with van der Waals surface area (Å²) in [4.78, 5) is 0. The normalized spacial score (nSPS) is 22.6. The lowest BCUT2D eigenvalue weighted by Crippen LogP contribution is -2.51. The van der Waals surface area contributed by atoms with Gasteiger partial charge < -0.3 is 0 Å². The topological polar surface area (TPSA) is 48.2 Å². The van der Waals surface area contributed by atoms with E-state index in [0.717, 1.165) is 0 Å². The van der Waals surface area contributed by atoms with E-state index < -0.39 is 24.6 Å². The van der Waals surface area contributed by atoms with Crippen molar-refractivity contribution in [3.8, 4) is 6.07 Å². The fourth-order valence-corrected chi connectivity index (χ4v) is 0.918. The van der Waals surface area contributed by atoms with E-state index in [1.54, 1.807) is 5.43 Å². The number of rotatable bonds is 1. The molecule has 0 radical (unpaired) electrons. The van der Waals surface area contributed by atoms with Crippen LogP contribution in [0.4, 0.5) is 22.0 Å². The zero-order valence-corrected chi connectivity index (χ0v) is 6.57. The third-order valence-electron chi connectivity index (χ3n) is 1.70. The Kier molecular flexibility index (Phi) is 2.35. The molecule has 1 aliphatic rings. The molecule has 8 heteroatoms. The van der Waals surface area contributed by atoms with Crippen LogP contribution < -0.4 is 5.43 Å². The van der Waals surface area contributed by atoms with Gasteiger partial charge in [-0.25, -0.2) is 0 Å². The van der Waals surface area contributed by atoms with E-state index in [4.69, 9.17) is 5.26 Å². The highest BCUT2D eigenvalue weighted by atomic mass is 19.4. The standard InChI is InChI=1S/C6H4F5N3/c7-5(8,6(9,10)11)4-1-3(2-12)13-14-4/h4,14H,1H2. The quantitative estimate of drug-likeness (QED) is 0.669. The second kappa shape index (κ2) is 3.08. The summed E-state index contributed by atoms with van der Waals surface area (Å²) in [7, 11) is 0. The van der Waals surface area contributed by atoms with E-state index >= 15 is 0 Å². The third-order valence-corrected chi connectivity index (χ3v) is 1.70. The Morgan fingerprint density at radius 3 is 2.29 bits per heavy atom. The molecule has 0 saturated carbocycles. The number of hydrazone groups is 1. The molecule has 0 aromatic carbocycles. The first kappa shape index (κ1) is 10.7. The van der Waals surface area contributed by atoms with Gasteiger partial charge in [-0.3, -0.25) is 5.43 Å². The number of hydrogen-bond donors (Lipinski definition) is 1. The maximum absolute atomic E-state index is 12.6. The van der Waals surface area contributed by atoms with Crippen LogP contribution in [-0.4, -0.2) is 23.9 Å². The summed E-state index contributed by atoms with van der Waals surface area (Å²) in [6.45, 7) is 0. The molecule has 0 aliphatic carbocycles. The lowest BCUT2D eigenvalue weighted by molar-refractivity contribution is -0.291. The smallest absolute Gasteiger partial charge is 0.299 e. The van der Waals surface area contributed by atoms with Gasteiger partial charge in [0, 0.05) is 6.42 Å². The molecule has 0 amide bonds. The summed E-state index contributed by atoms with van der Waals surface area (Å²) in [6.07, 6.45) is -6.35. The Balaban J connectivity index is 2.76. The minimum absolute atomic E-state index is 0.362. The van der Waals surface area contributed by atoms with Crippen LogP contribution in [-0.2, 0) is 0 Å². The molecule has 78 valence electrons. The summed E-state index contributed by atoms with van der Waals surface area (Å²) in [6, 6.07) is -0.779. The molecule has 0 bridgehead atoms. The SMILES string of the molecule is N#CC1=NNC(C(F)(F)C(F)(F)F)C1. The Morgan fingerprint density at radius 2 is 1.93 bits per heavy atom. The van der Waals surface area contributed by atoms with Crippen LogP contribution in [0.3, 0.4) is 0 Å². The van der Waals surface area contributed by atoms with E-state index in [2.05, 4.69) is 5.10 Å². The fraction of sp³-hybridized carbons (Fsp3) is 0.667. The van der Waals surface area contributed by atoms with Crippen molar-refractivity contribution in [1.82, 2.24) is 5.43 Å². The van der Waals surface area contributed by atoms with Gasteiger partial charge >= 0.3 is 12.1 Å². The van der Waals surface area contributed by atoms with Crippen LogP contribution in [0.2, 0.25) is 0 Å². The first-order chi connectivity index (χ1) is 6.29. The second-order valence-electron chi connectivity index (χ2n) is 2.68. The van der Waals surface area contributed by atoms with Gasteiger partial charge in [0.1, 0.15) is 17.8 Å². The minimum Gasteiger partial charge on any atom is -0.299 e. The highest BCUT2D eigenvalue weighted by molar-refractivity contribution is 5.99. The predicted octanol–water partition coefficient (Wildman–Crippen LogP) is 1.43. The second-order valence-corrected chi connectivity index (χ2v) is 2.68. The van der Waals surface area contributed by atoms with Gasteiger partial charge in [0.2, 0.25) is 0 Å². The number of nitriles is 1. The average molecular weight is 213 g/mol. The molecule has 3 nitrogen and oxygen atoms in total. The van der Waals surface area contributed by atoms with E-state index in [1.807, 2.05) is 0 Å². The van der Waals surface area contributed by atoms with Gasteiger partial charge in [0.05, 0.1) is 0 Å². The lowest BCUT2D eigenvalue weighted by atomic mass is 10.1. The number of nitrogens with one attached hydrogen (secondary N) is 1. The molecule has 14 heavy (non-hydrogen) atoms. The molecule has 1 aliphatic heterocycles. The zero-order valence-electron chi connectivity index (χ0n) is 6.57. The van der Waals surface area contributed by atoms with E-state index in [1.165, 1.54) is 6.07 Å². The van der Waals surface area contributed by atoms with Crippen LogP contribution in [0.25, 0.3) is 0 Å². The van der Waals surface area contributed by atoms with Gasteiger partial charge in [0.15, 0.2) is 0 Å². The Bertz CT molecular complexity index is 300. The van der Waals surface area contributed by atoms with Gasteiger partial charge in [-0.15, -0.1) is 0 Å². The summed E-state index contributed by atoms with van der Waals surface area (Å²) in [5.41, 5.74) is 1.24. The van der Waals surface area contributed by atoms with Crippen molar-refractivity contribution in [2.24, 2.45) is 5.10 Å². The predicted molar refractivity (Wildman–Crippen MR) is 35.6 cm³/mol. The van der Waals surface area contributed by atoms with Gasteiger partial charge in [-0.05, 0) is 0 Å². The van der Waals surface area contributed by atoms with E-state index in [-0.39, 0.29) is 5.71 Å². The molecular formula is C6H4F5N3. The monoisotopic (exact) mass is 213 g/mol. The van der Waals surface area contributed by atoms with Crippen molar-refractivity contribution < 1.29 is 22.0 Å². The lowest BCUT2D eigenvalue weighted by Gasteiger charge is -2.24. The van der Waals surface area contributed by atoms with Crippen LogP contribution in [0.15, 0.2) is 5.10 Å². The Morgan fingerprint density at radius 1 is 1.36 bits per heavy atom. The summed E-state index contributed by atoms with van der Waals surface area (Å²) >= 11 is 0. The number of hydrogen-bond acceptors (Lipinski definition) is 3. The highest BCUT2D eigenvalue weighted by Crippen LogP contribution is 2.40. The molecule has 1 rings (SSSR count). The summed E-state index contributed by atoms with van der Waals surface area (Å²) in [5, 5.41) is 11.2. The van der Waals surface area contributed by atoms with E-state index in [0.29, 0.717) is 0 Å². The summed E-state index contributed by atoms with van der Waals surface area (Å²) < 4.78 is 60.5. The van der Waals surface area contributed by atoms with Gasteiger partial charge in [0.25, 0.3) is 0 Å². The molecule has 0 aromatic heterocycles. The van der Waals surface area contributed by atoms with Crippen LogP contribution in [0, 0.1) is 11.3 Å². The van der Waals surface area contributed by atoms with Crippen molar-refractivity contribution in [3.05, 3.63) is 0 Å². The Labute approximate surface area is 75.2 Å². The maximum Gasteiger partial charge on any atom is 0.455 e. The molecule has 1 atom stereocenters. The average Bonchev–Trinajstić information content (AvgIpc) is 2.49. The van der Waals surface area contributed by atoms with Crippen LogP contribution in [0.1, 0.15) is 6.42 Å². The van der Waals surface area contributed by atoms with Crippen LogP contribution >= 0.6 is 0 Å². The van der Waals surface area contributed by atoms with Crippen molar-refractivity contribution in [1.29, 1.82) is 5.26 Å².